The van der Waals surface area contributed by atoms with Crippen LogP contribution in [0.15, 0.2) is 11.6 Å². The van der Waals surface area contributed by atoms with Crippen LogP contribution in [-0.4, -0.2) is 338 Å². The van der Waals surface area contributed by atoms with E-state index in [0.29, 0.717) is 38.5 Å². The molecular weight excluding hydrogens is 1300 g/mol. The van der Waals surface area contributed by atoms with E-state index in [1.165, 1.54) is 0 Å². The van der Waals surface area contributed by atoms with Gasteiger partial charge < -0.3 is 159 Å². The van der Waals surface area contributed by atoms with Crippen LogP contribution in [0, 0.1) is 45.3 Å². The van der Waals surface area contributed by atoms with Crippen LogP contribution in [0.4, 0.5) is 0 Å². The van der Waals surface area contributed by atoms with E-state index in [1.807, 2.05) is 0 Å². The first-order valence-corrected chi connectivity index (χ1v) is 34.9. The Balaban J connectivity index is 0.790. The Morgan fingerprint density at radius 3 is 1.48 bits per heavy atom. The van der Waals surface area contributed by atoms with Crippen LogP contribution >= 0.6 is 0 Å². The summed E-state index contributed by atoms with van der Waals surface area (Å²) in [6.45, 7) is 12.5. The molecule has 4 aliphatic carbocycles. The fraction of sp³-hybridized carbons (Fsp3) is 0.970. The number of hydrogen-bond acceptors (Lipinski definition) is 32. The van der Waals surface area contributed by atoms with E-state index in [1.54, 1.807) is 13.8 Å². The van der Waals surface area contributed by atoms with Crippen molar-refractivity contribution in [1.29, 1.82) is 0 Å². The lowest BCUT2D eigenvalue weighted by atomic mass is 9.38. The van der Waals surface area contributed by atoms with Crippen LogP contribution in [0.25, 0.3) is 0 Å². The van der Waals surface area contributed by atoms with Crippen molar-refractivity contribution >= 4 is 0 Å². The Labute approximate surface area is 569 Å². The van der Waals surface area contributed by atoms with Crippen LogP contribution in [-0.2, 0) is 56.8 Å². The highest BCUT2D eigenvalue weighted by atomic mass is 16.8. The molecule has 6 heterocycles. The summed E-state index contributed by atoms with van der Waals surface area (Å²) in [5.41, 5.74) is -2.22. The van der Waals surface area contributed by atoms with Crippen molar-refractivity contribution < 1.29 is 159 Å². The van der Waals surface area contributed by atoms with E-state index in [4.69, 9.17) is 56.8 Å². The summed E-state index contributed by atoms with van der Waals surface area (Å²) in [5, 5.41) is 216. The second kappa shape index (κ2) is 31.1. The number of aliphatic hydroxyl groups is 20. The lowest BCUT2D eigenvalue weighted by Crippen LogP contribution is -2.65. The predicted octanol–water partition coefficient (Wildman–Crippen LogP) is -5.53. The first-order valence-electron chi connectivity index (χ1n) is 34.9. The Morgan fingerprint density at radius 1 is 0.500 bits per heavy atom. The predicted molar refractivity (Wildman–Crippen MR) is 330 cm³/mol. The molecule has 0 aromatic heterocycles. The number of rotatable bonds is 23. The Hall–Kier alpha value is -1.54. The maximum absolute atomic E-state index is 12.9. The molecule has 10 aliphatic rings. The van der Waals surface area contributed by atoms with Crippen molar-refractivity contribution in [2.24, 2.45) is 45.3 Å². The largest absolute Gasteiger partial charge is 0.394 e. The summed E-state index contributed by atoms with van der Waals surface area (Å²) in [6, 6.07) is 0. The van der Waals surface area contributed by atoms with Gasteiger partial charge in [0, 0.05) is 23.7 Å². The first-order chi connectivity index (χ1) is 46.0. The molecule has 0 bridgehead atoms. The average Bonchev–Trinajstić information content (AvgIpc) is 1.31. The fourth-order valence-electron chi connectivity index (χ4n) is 18.4. The van der Waals surface area contributed by atoms with Gasteiger partial charge in [0.2, 0.25) is 0 Å². The van der Waals surface area contributed by atoms with Crippen LogP contribution < -0.4 is 0 Å². The van der Waals surface area contributed by atoms with E-state index in [0.717, 1.165) is 18.4 Å². The Bertz CT molecular complexity index is 2600. The van der Waals surface area contributed by atoms with E-state index in [2.05, 4.69) is 47.6 Å². The minimum absolute atomic E-state index is 0.0371. The molecule has 98 heavy (non-hydrogen) atoms. The third-order valence-corrected chi connectivity index (χ3v) is 24.7. The normalized spacial score (nSPS) is 51.3. The van der Waals surface area contributed by atoms with Gasteiger partial charge >= 0.3 is 0 Å². The molecule has 32 nitrogen and oxygen atoms in total. The van der Waals surface area contributed by atoms with E-state index < -0.39 is 246 Å². The maximum Gasteiger partial charge on any atom is 0.187 e. The zero-order valence-corrected chi connectivity index (χ0v) is 56.9. The second-order valence-electron chi connectivity index (χ2n) is 31.3. The zero-order chi connectivity index (χ0) is 71.8. The molecule has 3 saturated carbocycles. The molecule has 0 aromatic carbocycles. The molecule has 20 N–H and O–H groups in total. The molecule has 3 unspecified atom stereocenters. The highest BCUT2D eigenvalue weighted by Gasteiger charge is 2.71. The standard InChI is InChI=1S/C66H112O32/c1-26(27-15-16-64(6)38-12-10-28-29(66(38,8)39(72)19-65(27,64)7)11-14-40(62(28,2)3)97-61-56(85)52(81)48(77)36(95-61)24-88-59-54(83)50(79)46(75)34(22-69)93-59)9-13-41(63(4,5)86)96-42-18-31(71)57(98-43-17-30(70)44(73)32(20-67)90-43)37(91-42)25-89-60-55(84)51(80)47(76)35(94-60)23-87-58-53(82)49(78)45(74)33(21-68)92-58/h10,26-27,29-61,67-86H,9,11-25H2,1-8H3/t26-,27?,29?,30-,31-,32-,33-,34-,35-,36-,37-,38?,39-,40+,41-,42+,43-,44+,45-,46-,47-,48-,49+,50+,51+,52+,53-,54-,55-,56-,57+,58+,59+,60+,61+,64+,65-,66+/m1/s1. The van der Waals surface area contributed by atoms with Gasteiger partial charge in [-0.05, 0) is 99.7 Å². The van der Waals surface area contributed by atoms with Crippen molar-refractivity contribution in [3.8, 4) is 0 Å². The summed E-state index contributed by atoms with van der Waals surface area (Å²) in [7, 11) is 0. The molecule has 38 atom stereocenters. The first kappa shape index (κ1) is 79.0. The molecule has 32 heteroatoms. The van der Waals surface area contributed by atoms with Crippen LogP contribution in [0.5, 0.6) is 0 Å². The third kappa shape index (κ3) is 15.0. The summed E-state index contributed by atoms with van der Waals surface area (Å²) in [6.07, 6.45) is -39.2. The van der Waals surface area contributed by atoms with Gasteiger partial charge in [0.25, 0.3) is 0 Å². The van der Waals surface area contributed by atoms with Gasteiger partial charge in [-0.25, -0.2) is 0 Å². The van der Waals surface area contributed by atoms with E-state index >= 15 is 0 Å². The van der Waals surface area contributed by atoms with Crippen LogP contribution in [0.1, 0.15) is 120 Å². The van der Waals surface area contributed by atoms with E-state index in [-0.39, 0.29) is 47.3 Å². The summed E-state index contributed by atoms with van der Waals surface area (Å²) < 4.78 is 71.7. The van der Waals surface area contributed by atoms with Crippen LogP contribution in [0.3, 0.4) is 0 Å². The number of ether oxygens (including phenoxy) is 12. The van der Waals surface area contributed by atoms with Gasteiger partial charge in [0.15, 0.2) is 37.7 Å². The smallest absolute Gasteiger partial charge is 0.187 e. The highest BCUT2D eigenvalue weighted by molar-refractivity contribution is 5.32. The molecule has 0 aromatic rings. The van der Waals surface area contributed by atoms with Gasteiger partial charge in [-0.2, -0.15) is 0 Å². The van der Waals surface area contributed by atoms with Gasteiger partial charge in [-0.3, -0.25) is 0 Å². The Kier molecular flexibility index (Phi) is 25.1. The second-order valence-corrected chi connectivity index (χ2v) is 31.3. The summed E-state index contributed by atoms with van der Waals surface area (Å²) >= 11 is 0. The van der Waals surface area contributed by atoms with Crippen molar-refractivity contribution in [2.45, 2.75) is 316 Å². The van der Waals surface area contributed by atoms with Gasteiger partial charge in [-0.1, -0.05) is 53.2 Å². The van der Waals surface area contributed by atoms with Crippen LogP contribution in [0.2, 0.25) is 0 Å². The molecule has 0 amide bonds. The Morgan fingerprint density at radius 2 is 0.959 bits per heavy atom. The quantitative estimate of drug-likeness (QED) is 0.0424. The summed E-state index contributed by atoms with van der Waals surface area (Å²) in [4.78, 5) is 0. The SMILES string of the molecule is C[C@H](CC[C@@H](O[C@H]1C[C@@H](O)[C@H](O[C@@H]2C[C@@H](O)[C@H](O)[C@@H](CO)O2)[C@@H](CO[C@H]2O[C@H](CO[C@H]3O[C@H](CO)[C@@H](O)[C@H](O)[C@H]3O)[C@@H](O)[C@H](O)[C@H]2O)O1)C(C)(C)O)C1CC[C@@]2(C)C3CC=C4C(CC[C@H](O[C@@H]5O[C@H](CO[C@H]6O[C@H](CO)[C@@H](O)[C@H](O)[C@H]6O)[C@@H](O)[C@H](O)[C@H]5O)C4(C)C)[C@]3(C)[C@H](O)C[C@]12C. The van der Waals surface area contributed by atoms with Crippen molar-refractivity contribution in [3.63, 3.8) is 0 Å². The minimum atomic E-state index is -1.92. The number of fused-ring (bicyclic) bond motifs is 5. The monoisotopic (exact) mass is 1420 g/mol. The van der Waals surface area contributed by atoms with E-state index in [9.17, 15) is 102 Å². The minimum Gasteiger partial charge on any atom is -0.394 e. The molecule has 10 rings (SSSR count). The topological polar surface area (TPSA) is 515 Å². The number of allylic oxidation sites excluding steroid dienone is 1. The van der Waals surface area contributed by atoms with Crippen molar-refractivity contribution in [2.75, 3.05) is 39.6 Å². The van der Waals surface area contributed by atoms with Gasteiger partial charge in [0.1, 0.15) is 122 Å². The fourth-order valence-corrected chi connectivity index (χ4v) is 18.4. The van der Waals surface area contributed by atoms with Crippen molar-refractivity contribution in [3.05, 3.63) is 11.6 Å². The molecule has 0 radical (unpaired) electrons. The maximum atomic E-state index is 12.9. The highest BCUT2D eigenvalue weighted by Crippen LogP contribution is 2.75. The number of aliphatic hydroxyl groups excluding tert-OH is 19. The average molecular weight is 1420 g/mol. The zero-order valence-electron chi connectivity index (χ0n) is 56.9. The van der Waals surface area contributed by atoms with Gasteiger partial charge in [0.05, 0.1) is 75.8 Å². The van der Waals surface area contributed by atoms with Gasteiger partial charge in [-0.15, -0.1) is 0 Å². The lowest BCUT2D eigenvalue weighted by Gasteiger charge is -2.67. The molecule has 568 valence electrons. The number of hydrogen-bond donors (Lipinski definition) is 20. The lowest BCUT2D eigenvalue weighted by molar-refractivity contribution is -0.349. The molecule has 0 spiro atoms. The summed E-state index contributed by atoms with van der Waals surface area (Å²) in [5.74, 6) is 0.157. The molecule has 6 saturated heterocycles. The molecular formula is C66H112O32. The molecule has 6 aliphatic heterocycles. The molecule has 9 fully saturated rings. The van der Waals surface area contributed by atoms with Crippen molar-refractivity contribution in [1.82, 2.24) is 0 Å². The third-order valence-electron chi connectivity index (χ3n) is 24.7.